The van der Waals surface area contributed by atoms with Gasteiger partial charge in [0.05, 0.1) is 21.2 Å². The van der Waals surface area contributed by atoms with Crippen LogP contribution < -0.4 is 4.72 Å². The van der Waals surface area contributed by atoms with Crippen molar-refractivity contribution in [3.63, 3.8) is 0 Å². The molecule has 0 bridgehead atoms. The molecule has 0 aliphatic rings. The summed E-state index contributed by atoms with van der Waals surface area (Å²) in [5, 5.41) is 9.19. The van der Waals surface area contributed by atoms with Gasteiger partial charge in [0.25, 0.3) is 10.0 Å². The van der Waals surface area contributed by atoms with E-state index in [0.29, 0.717) is 0 Å². The van der Waals surface area contributed by atoms with Crippen molar-refractivity contribution < 1.29 is 8.42 Å². The maximum Gasteiger partial charge on any atom is 0.261 e. The second-order valence-electron chi connectivity index (χ2n) is 4.32. The maximum absolute atomic E-state index is 12.3. The third-order valence-corrected chi connectivity index (χ3v) is 5.38. The van der Waals surface area contributed by atoms with Crippen LogP contribution in [0.2, 0.25) is 5.02 Å². The van der Waals surface area contributed by atoms with Gasteiger partial charge >= 0.3 is 0 Å². The lowest BCUT2D eigenvalue weighted by molar-refractivity contribution is 0.601. The van der Waals surface area contributed by atoms with Crippen molar-refractivity contribution in [3.8, 4) is 6.07 Å². The Balaban J connectivity index is 2.37. The minimum absolute atomic E-state index is 0.150. The fraction of sp³-hybridized carbons (Fsp3) is 0.0714. The quantitative estimate of drug-likeness (QED) is 0.865. The summed E-state index contributed by atoms with van der Waals surface area (Å²) in [6.45, 7) is 1.80. The van der Waals surface area contributed by atoms with Crippen LogP contribution in [-0.4, -0.2) is 8.42 Å². The molecule has 0 heterocycles. The van der Waals surface area contributed by atoms with Gasteiger partial charge in [0.1, 0.15) is 6.07 Å². The maximum atomic E-state index is 12.3. The number of hydrogen-bond donors (Lipinski definition) is 1. The van der Waals surface area contributed by atoms with E-state index in [4.69, 9.17) is 16.9 Å². The number of aryl methyl sites for hydroxylation is 1. The molecule has 0 amide bonds. The summed E-state index contributed by atoms with van der Waals surface area (Å²) in [6.07, 6.45) is 0. The molecular formula is C14H10BrClN2O2S. The van der Waals surface area contributed by atoms with E-state index < -0.39 is 10.0 Å². The van der Waals surface area contributed by atoms with Crippen molar-refractivity contribution in [3.05, 3.63) is 57.0 Å². The van der Waals surface area contributed by atoms with Crippen molar-refractivity contribution in [2.75, 3.05) is 4.72 Å². The number of nitrogens with one attached hydrogen (secondary N) is 1. The lowest BCUT2D eigenvalue weighted by Crippen LogP contribution is -2.13. The third kappa shape index (κ3) is 3.56. The van der Waals surface area contributed by atoms with Crippen molar-refractivity contribution in [1.29, 1.82) is 5.26 Å². The summed E-state index contributed by atoms with van der Waals surface area (Å²) in [4.78, 5) is 0.150. The minimum atomic E-state index is -3.71. The standard InChI is InChI=1S/C14H10BrClN2O2S/c1-9-6-12(3-4-13(9)15)21(19,20)18-11-2-5-14(16)10(7-11)8-17/h2-7,18H,1H3. The smallest absolute Gasteiger partial charge is 0.261 e. The van der Waals surface area contributed by atoms with Crippen LogP contribution in [0.5, 0.6) is 0 Å². The zero-order valence-electron chi connectivity index (χ0n) is 10.9. The molecule has 0 aliphatic heterocycles. The second kappa shape index (κ2) is 6.06. The Hall–Kier alpha value is -1.55. The first-order valence-corrected chi connectivity index (χ1v) is 8.47. The molecule has 0 fully saturated rings. The normalized spacial score (nSPS) is 11.0. The number of sulfonamides is 1. The SMILES string of the molecule is Cc1cc(S(=O)(=O)Nc2ccc(Cl)c(C#N)c2)ccc1Br. The number of rotatable bonds is 3. The van der Waals surface area contributed by atoms with E-state index >= 15 is 0 Å². The Bertz CT molecular complexity index is 845. The van der Waals surface area contributed by atoms with Crippen LogP contribution in [0, 0.1) is 18.3 Å². The largest absolute Gasteiger partial charge is 0.280 e. The van der Waals surface area contributed by atoms with Gasteiger partial charge in [-0.25, -0.2) is 8.42 Å². The Morgan fingerprint density at radius 2 is 1.95 bits per heavy atom. The zero-order valence-corrected chi connectivity index (χ0v) is 14.1. The highest BCUT2D eigenvalue weighted by molar-refractivity contribution is 9.10. The van der Waals surface area contributed by atoms with E-state index in [9.17, 15) is 8.42 Å². The Morgan fingerprint density at radius 3 is 2.57 bits per heavy atom. The number of hydrogen-bond acceptors (Lipinski definition) is 3. The number of benzene rings is 2. The van der Waals surface area contributed by atoms with Crippen molar-refractivity contribution in [2.24, 2.45) is 0 Å². The average molecular weight is 386 g/mol. The highest BCUT2D eigenvalue weighted by Crippen LogP contribution is 2.24. The summed E-state index contributed by atoms with van der Waals surface area (Å²) in [5.41, 5.74) is 1.31. The van der Waals surface area contributed by atoms with Gasteiger partial charge in [-0.1, -0.05) is 27.5 Å². The van der Waals surface area contributed by atoms with Crippen LogP contribution in [-0.2, 0) is 10.0 Å². The molecule has 21 heavy (non-hydrogen) atoms. The fourth-order valence-electron chi connectivity index (χ4n) is 1.67. The van der Waals surface area contributed by atoms with E-state index in [0.717, 1.165) is 10.0 Å². The van der Waals surface area contributed by atoms with Gasteiger partial charge in [0.15, 0.2) is 0 Å². The molecule has 2 aromatic carbocycles. The summed E-state index contributed by atoms with van der Waals surface area (Å²) >= 11 is 9.14. The molecule has 2 rings (SSSR count). The van der Waals surface area contributed by atoms with Crippen molar-refractivity contribution >= 4 is 43.2 Å². The molecule has 4 nitrogen and oxygen atoms in total. The van der Waals surface area contributed by atoms with Gasteiger partial charge in [0, 0.05) is 4.47 Å². The van der Waals surface area contributed by atoms with Gasteiger partial charge in [0.2, 0.25) is 0 Å². The summed E-state index contributed by atoms with van der Waals surface area (Å²) in [5.74, 6) is 0. The fourth-order valence-corrected chi connectivity index (χ4v) is 3.21. The van der Waals surface area contributed by atoms with E-state index in [1.807, 2.05) is 6.07 Å². The molecule has 0 radical (unpaired) electrons. The summed E-state index contributed by atoms with van der Waals surface area (Å²) in [7, 11) is -3.71. The van der Waals surface area contributed by atoms with Crippen LogP contribution in [0.1, 0.15) is 11.1 Å². The molecule has 108 valence electrons. The first-order chi connectivity index (χ1) is 9.83. The molecule has 0 saturated carbocycles. The molecule has 0 atom stereocenters. The van der Waals surface area contributed by atoms with Crippen molar-refractivity contribution in [2.45, 2.75) is 11.8 Å². The highest BCUT2D eigenvalue weighted by atomic mass is 79.9. The van der Waals surface area contributed by atoms with Crippen LogP contribution >= 0.6 is 27.5 Å². The topological polar surface area (TPSA) is 70.0 Å². The molecular weight excluding hydrogens is 376 g/mol. The molecule has 0 aliphatic carbocycles. The van der Waals surface area contributed by atoms with Gasteiger partial charge in [-0.2, -0.15) is 5.26 Å². The molecule has 1 N–H and O–H groups in total. The van der Waals surface area contributed by atoms with E-state index in [2.05, 4.69) is 20.7 Å². The van der Waals surface area contributed by atoms with Crippen LogP contribution in [0.4, 0.5) is 5.69 Å². The first kappa shape index (κ1) is 15.8. The lowest BCUT2D eigenvalue weighted by Gasteiger charge is -2.10. The number of nitrogens with zero attached hydrogens (tertiary/aromatic N) is 1. The predicted molar refractivity (Wildman–Crippen MR) is 85.9 cm³/mol. The molecule has 0 spiro atoms. The zero-order chi connectivity index (χ0) is 15.6. The number of nitriles is 1. The second-order valence-corrected chi connectivity index (χ2v) is 7.27. The molecule has 7 heteroatoms. The van der Waals surface area contributed by atoms with Crippen LogP contribution in [0.15, 0.2) is 45.8 Å². The van der Waals surface area contributed by atoms with Crippen molar-refractivity contribution in [1.82, 2.24) is 0 Å². The summed E-state index contributed by atoms with van der Waals surface area (Å²) < 4.78 is 27.9. The van der Waals surface area contributed by atoms with Crippen LogP contribution in [0.3, 0.4) is 0 Å². The van der Waals surface area contributed by atoms with Gasteiger partial charge in [-0.15, -0.1) is 0 Å². The highest BCUT2D eigenvalue weighted by Gasteiger charge is 2.15. The Morgan fingerprint density at radius 1 is 1.24 bits per heavy atom. The first-order valence-electron chi connectivity index (χ1n) is 5.82. The number of anilines is 1. The molecule has 0 saturated heterocycles. The average Bonchev–Trinajstić information content (AvgIpc) is 2.43. The van der Waals surface area contributed by atoms with E-state index in [-0.39, 0.29) is 21.2 Å². The van der Waals surface area contributed by atoms with Gasteiger partial charge in [-0.05, 0) is 48.9 Å². The van der Waals surface area contributed by atoms with Crippen LogP contribution in [0.25, 0.3) is 0 Å². The third-order valence-electron chi connectivity index (χ3n) is 2.78. The van der Waals surface area contributed by atoms with E-state index in [1.165, 1.54) is 24.3 Å². The molecule has 0 unspecified atom stereocenters. The monoisotopic (exact) mass is 384 g/mol. The van der Waals surface area contributed by atoms with Gasteiger partial charge in [-0.3, -0.25) is 4.72 Å². The van der Waals surface area contributed by atoms with E-state index in [1.54, 1.807) is 19.1 Å². The molecule has 2 aromatic rings. The predicted octanol–water partition coefficient (Wildman–Crippen LogP) is 4.08. The Kier molecular flexibility index (Phi) is 4.57. The minimum Gasteiger partial charge on any atom is -0.280 e. The molecule has 0 aromatic heterocycles. The summed E-state index contributed by atoms with van der Waals surface area (Å²) in [6, 6.07) is 11.0. The number of halogens is 2. The lowest BCUT2D eigenvalue weighted by atomic mass is 10.2. The van der Waals surface area contributed by atoms with Gasteiger partial charge < -0.3 is 0 Å². The Labute approximate surface area is 136 Å².